The fraction of sp³-hybridized carbons (Fsp3) is 1.00. The summed E-state index contributed by atoms with van der Waals surface area (Å²) in [5.41, 5.74) is 6.77. The van der Waals surface area contributed by atoms with E-state index in [1.165, 1.54) is 51.4 Å². The Morgan fingerprint density at radius 3 is 2.24 bits per heavy atom. The van der Waals surface area contributed by atoms with E-state index in [2.05, 4.69) is 27.7 Å². The number of nitrogens with two attached hydrogens (primary N) is 1. The van der Waals surface area contributed by atoms with Crippen molar-refractivity contribution in [1.82, 2.24) is 0 Å². The van der Waals surface area contributed by atoms with Gasteiger partial charge < -0.3 is 5.73 Å². The first-order chi connectivity index (χ1) is 7.87. The molecule has 2 N–H and O–H groups in total. The minimum Gasteiger partial charge on any atom is -0.328 e. The summed E-state index contributed by atoms with van der Waals surface area (Å²) in [7, 11) is 0. The van der Waals surface area contributed by atoms with E-state index < -0.39 is 0 Å². The molecule has 0 aromatic rings. The average molecular weight is 239 g/mol. The van der Waals surface area contributed by atoms with Gasteiger partial charge in [0.05, 0.1) is 0 Å². The smallest absolute Gasteiger partial charge is 0.00440 e. The molecule has 1 aliphatic carbocycles. The van der Waals surface area contributed by atoms with E-state index in [1.807, 2.05) is 0 Å². The fourth-order valence-corrected chi connectivity index (χ4v) is 3.59. The van der Waals surface area contributed by atoms with Crippen molar-refractivity contribution in [1.29, 1.82) is 0 Å². The minimum atomic E-state index is 0.440. The molecule has 0 spiro atoms. The van der Waals surface area contributed by atoms with Crippen LogP contribution >= 0.6 is 0 Å². The van der Waals surface area contributed by atoms with Crippen LogP contribution in [0.4, 0.5) is 0 Å². The second-order valence-electron chi connectivity index (χ2n) is 7.61. The van der Waals surface area contributed by atoms with Crippen LogP contribution in [0.5, 0.6) is 0 Å². The maximum Gasteiger partial charge on any atom is 0.00440 e. The van der Waals surface area contributed by atoms with Gasteiger partial charge in [0.2, 0.25) is 0 Å². The molecule has 1 heteroatoms. The van der Waals surface area contributed by atoms with Gasteiger partial charge in [-0.15, -0.1) is 0 Å². The Bertz CT molecular complexity index is 198. The van der Waals surface area contributed by atoms with Gasteiger partial charge in [0.25, 0.3) is 0 Å². The SMILES string of the molecule is CC(CC(N)CC1CCCCC1)CC(C)(C)C. The summed E-state index contributed by atoms with van der Waals surface area (Å²) in [6.45, 7) is 9.36. The lowest BCUT2D eigenvalue weighted by atomic mass is 9.80. The zero-order valence-corrected chi connectivity index (χ0v) is 12.5. The highest BCUT2D eigenvalue weighted by atomic mass is 14.6. The van der Waals surface area contributed by atoms with E-state index in [-0.39, 0.29) is 0 Å². The van der Waals surface area contributed by atoms with Gasteiger partial charge in [-0.1, -0.05) is 59.8 Å². The summed E-state index contributed by atoms with van der Waals surface area (Å²) in [6, 6.07) is 0.440. The number of hydrogen-bond donors (Lipinski definition) is 1. The molecular weight excluding hydrogens is 206 g/mol. The maximum atomic E-state index is 6.32. The molecule has 0 bridgehead atoms. The van der Waals surface area contributed by atoms with Crippen LogP contribution in [0.25, 0.3) is 0 Å². The van der Waals surface area contributed by atoms with Crippen LogP contribution in [0.3, 0.4) is 0 Å². The third kappa shape index (κ3) is 7.08. The second-order valence-corrected chi connectivity index (χ2v) is 7.61. The summed E-state index contributed by atoms with van der Waals surface area (Å²) < 4.78 is 0. The molecule has 1 nitrogen and oxygen atoms in total. The molecule has 0 aromatic heterocycles. The Morgan fingerprint density at radius 1 is 1.12 bits per heavy atom. The van der Waals surface area contributed by atoms with Crippen LogP contribution in [0, 0.1) is 17.3 Å². The monoisotopic (exact) mass is 239 g/mol. The van der Waals surface area contributed by atoms with Gasteiger partial charge in [-0.05, 0) is 36.5 Å². The molecule has 0 radical (unpaired) electrons. The Hall–Kier alpha value is -0.0400. The van der Waals surface area contributed by atoms with Crippen molar-refractivity contribution in [3.63, 3.8) is 0 Å². The molecule has 0 heterocycles. The molecular formula is C16H33N. The standard InChI is InChI=1S/C16H33N/c1-13(12-16(2,3)4)10-15(17)11-14-8-6-5-7-9-14/h13-15H,5-12,17H2,1-4H3. The molecule has 1 saturated carbocycles. The summed E-state index contributed by atoms with van der Waals surface area (Å²) in [5.74, 6) is 1.70. The molecule has 2 unspecified atom stereocenters. The molecule has 0 amide bonds. The average Bonchev–Trinajstić information content (AvgIpc) is 2.15. The van der Waals surface area contributed by atoms with Crippen molar-refractivity contribution < 1.29 is 0 Å². The lowest BCUT2D eigenvalue weighted by Gasteiger charge is -2.28. The van der Waals surface area contributed by atoms with Crippen molar-refractivity contribution in [2.45, 2.75) is 85.1 Å². The minimum absolute atomic E-state index is 0.440. The van der Waals surface area contributed by atoms with Crippen LogP contribution in [-0.4, -0.2) is 6.04 Å². The van der Waals surface area contributed by atoms with Gasteiger partial charge in [-0.2, -0.15) is 0 Å². The van der Waals surface area contributed by atoms with E-state index in [1.54, 1.807) is 0 Å². The van der Waals surface area contributed by atoms with Gasteiger partial charge in [0, 0.05) is 6.04 Å². The van der Waals surface area contributed by atoms with Crippen molar-refractivity contribution in [3.8, 4) is 0 Å². The zero-order valence-electron chi connectivity index (χ0n) is 12.5. The maximum absolute atomic E-state index is 6.32. The first kappa shape index (κ1) is 15.0. The molecule has 1 fully saturated rings. The summed E-state index contributed by atoms with van der Waals surface area (Å²) in [6.07, 6.45) is 11.0. The highest BCUT2D eigenvalue weighted by Gasteiger charge is 2.20. The van der Waals surface area contributed by atoms with Gasteiger partial charge >= 0.3 is 0 Å². The van der Waals surface area contributed by atoms with Gasteiger partial charge in [-0.3, -0.25) is 0 Å². The van der Waals surface area contributed by atoms with E-state index >= 15 is 0 Å². The van der Waals surface area contributed by atoms with Crippen LogP contribution in [0.1, 0.15) is 79.1 Å². The van der Waals surface area contributed by atoms with Crippen LogP contribution < -0.4 is 5.73 Å². The Labute approximate surface area is 109 Å². The van der Waals surface area contributed by atoms with Crippen molar-refractivity contribution in [2.75, 3.05) is 0 Å². The third-order valence-corrected chi connectivity index (χ3v) is 4.03. The third-order valence-electron chi connectivity index (χ3n) is 4.03. The Kier molecular flexibility index (Phi) is 5.99. The molecule has 1 aliphatic rings. The largest absolute Gasteiger partial charge is 0.328 e. The summed E-state index contributed by atoms with van der Waals surface area (Å²) in [4.78, 5) is 0. The van der Waals surface area contributed by atoms with Crippen LogP contribution in [-0.2, 0) is 0 Å². The lowest BCUT2D eigenvalue weighted by Crippen LogP contribution is -2.28. The van der Waals surface area contributed by atoms with E-state index in [0.717, 1.165) is 11.8 Å². The van der Waals surface area contributed by atoms with E-state index in [0.29, 0.717) is 11.5 Å². The summed E-state index contributed by atoms with van der Waals surface area (Å²) in [5, 5.41) is 0. The lowest BCUT2D eigenvalue weighted by molar-refractivity contribution is 0.259. The molecule has 0 aliphatic heterocycles. The fourth-order valence-electron chi connectivity index (χ4n) is 3.59. The zero-order chi connectivity index (χ0) is 12.9. The van der Waals surface area contributed by atoms with Gasteiger partial charge in [-0.25, -0.2) is 0 Å². The Balaban J connectivity index is 2.21. The molecule has 17 heavy (non-hydrogen) atoms. The van der Waals surface area contributed by atoms with Gasteiger partial charge in [0.1, 0.15) is 0 Å². The quantitative estimate of drug-likeness (QED) is 0.736. The molecule has 0 saturated heterocycles. The van der Waals surface area contributed by atoms with Crippen LogP contribution in [0.15, 0.2) is 0 Å². The predicted octanol–water partition coefficient (Wildman–Crippen LogP) is 4.75. The van der Waals surface area contributed by atoms with Gasteiger partial charge in [0.15, 0.2) is 0 Å². The molecule has 0 aromatic carbocycles. The second kappa shape index (κ2) is 6.78. The molecule has 102 valence electrons. The number of rotatable bonds is 5. The van der Waals surface area contributed by atoms with Crippen molar-refractivity contribution in [3.05, 3.63) is 0 Å². The first-order valence-corrected chi connectivity index (χ1v) is 7.62. The topological polar surface area (TPSA) is 26.0 Å². The Morgan fingerprint density at radius 2 is 1.71 bits per heavy atom. The van der Waals surface area contributed by atoms with Crippen molar-refractivity contribution in [2.24, 2.45) is 23.0 Å². The predicted molar refractivity (Wildman–Crippen MR) is 77.0 cm³/mol. The number of hydrogen-bond acceptors (Lipinski definition) is 1. The van der Waals surface area contributed by atoms with E-state index in [9.17, 15) is 0 Å². The first-order valence-electron chi connectivity index (χ1n) is 7.62. The van der Waals surface area contributed by atoms with Crippen molar-refractivity contribution >= 4 is 0 Å². The van der Waals surface area contributed by atoms with E-state index in [4.69, 9.17) is 5.73 Å². The highest BCUT2D eigenvalue weighted by Crippen LogP contribution is 2.30. The molecule has 2 atom stereocenters. The van der Waals surface area contributed by atoms with Crippen LogP contribution in [0.2, 0.25) is 0 Å². The highest BCUT2D eigenvalue weighted by molar-refractivity contribution is 4.75. The molecule has 1 rings (SSSR count). The summed E-state index contributed by atoms with van der Waals surface area (Å²) >= 11 is 0. The normalized spacial score (nSPS) is 22.4.